The second-order valence-corrected chi connectivity index (χ2v) is 10.0. The van der Waals surface area contributed by atoms with Crippen LogP contribution in [0.2, 0.25) is 5.02 Å². The largest absolute Gasteiger partial charge is 0.573 e. The van der Waals surface area contributed by atoms with Crippen molar-refractivity contribution in [2.75, 3.05) is 11.9 Å². The third-order valence-electron chi connectivity index (χ3n) is 5.26. The van der Waals surface area contributed by atoms with Gasteiger partial charge < -0.3 is 29.4 Å². The summed E-state index contributed by atoms with van der Waals surface area (Å²) in [4.78, 5) is 20.6. The monoisotopic (exact) mass is 577 g/mol. The predicted molar refractivity (Wildman–Crippen MR) is 144 cm³/mol. The summed E-state index contributed by atoms with van der Waals surface area (Å²) in [5, 5.41) is 6.19. The van der Waals surface area contributed by atoms with Crippen LogP contribution in [0.5, 0.6) is 17.2 Å². The van der Waals surface area contributed by atoms with Crippen LogP contribution in [0.25, 0.3) is 11.0 Å². The third kappa shape index (κ3) is 8.15. The van der Waals surface area contributed by atoms with Gasteiger partial charge in [-0.3, -0.25) is 0 Å². The molecule has 0 aliphatic heterocycles. The van der Waals surface area contributed by atoms with Crippen LogP contribution in [-0.2, 0) is 11.3 Å². The predicted octanol–water partition coefficient (Wildman–Crippen LogP) is 7.43. The molecule has 212 valence electrons. The fraction of sp³-hybridized carbons (Fsp3) is 0.296. The Hall–Kier alpha value is -4.19. The van der Waals surface area contributed by atoms with Crippen LogP contribution in [0.15, 0.2) is 61.1 Å². The Morgan fingerprint density at radius 3 is 2.55 bits per heavy atom. The molecule has 0 saturated carbocycles. The van der Waals surface area contributed by atoms with Gasteiger partial charge in [-0.05, 0) is 63.6 Å². The second-order valence-electron chi connectivity index (χ2n) is 9.64. The number of aromatic nitrogens is 3. The zero-order valence-corrected chi connectivity index (χ0v) is 22.6. The fourth-order valence-electron chi connectivity index (χ4n) is 3.72. The van der Waals surface area contributed by atoms with Crippen molar-refractivity contribution < 1.29 is 32.2 Å². The number of nitrogens with one attached hydrogen (secondary N) is 2. The Balaban J connectivity index is 1.43. The molecular weight excluding hydrogens is 551 g/mol. The minimum Gasteiger partial charge on any atom is -0.456 e. The number of hydrogen-bond acceptors (Lipinski definition) is 7. The first-order valence-electron chi connectivity index (χ1n) is 12.2. The Bertz CT molecular complexity index is 1490. The van der Waals surface area contributed by atoms with Crippen molar-refractivity contribution in [2.45, 2.75) is 45.7 Å². The molecular formula is C27H27ClF3N5O4. The Morgan fingerprint density at radius 1 is 1.05 bits per heavy atom. The zero-order valence-electron chi connectivity index (χ0n) is 21.9. The highest BCUT2D eigenvalue weighted by Gasteiger charge is 2.31. The fourth-order valence-corrected chi connectivity index (χ4v) is 3.94. The minimum atomic E-state index is -4.81. The molecule has 40 heavy (non-hydrogen) atoms. The molecule has 0 atom stereocenters. The lowest BCUT2D eigenvalue weighted by Crippen LogP contribution is -2.33. The van der Waals surface area contributed by atoms with E-state index in [1.54, 1.807) is 39.0 Å². The van der Waals surface area contributed by atoms with E-state index in [1.165, 1.54) is 24.5 Å². The van der Waals surface area contributed by atoms with E-state index in [4.69, 9.17) is 21.1 Å². The maximum atomic E-state index is 12.5. The van der Waals surface area contributed by atoms with Gasteiger partial charge in [0.1, 0.15) is 34.7 Å². The Labute approximate surface area is 233 Å². The first-order valence-corrected chi connectivity index (χ1v) is 12.6. The van der Waals surface area contributed by atoms with Crippen molar-refractivity contribution in [3.05, 3.63) is 66.1 Å². The summed E-state index contributed by atoms with van der Waals surface area (Å²) in [7, 11) is 0. The van der Waals surface area contributed by atoms with Crippen molar-refractivity contribution >= 4 is 40.2 Å². The molecule has 0 aliphatic carbocycles. The number of carbonyl (C=O) groups is 1. The minimum absolute atomic E-state index is 0.126. The van der Waals surface area contributed by atoms with Gasteiger partial charge in [0.05, 0.1) is 10.5 Å². The summed E-state index contributed by atoms with van der Waals surface area (Å²) in [6, 6.07) is 11.9. The summed E-state index contributed by atoms with van der Waals surface area (Å²) in [6.45, 7) is 6.42. The van der Waals surface area contributed by atoms with E-state index in [9.17, 15) is 18.0 Å². The lowest BCUT2D eigenvalue weighted by atomic mass is 10.2. The molecule has 0 fully saturated rings. The molecule has 4 rings (SSSR count). The van der Waals surface area contributed by atoms with Gasteiger partial charge in [0.2, 0.25) is 0 Å². The number of hydrogen-bond donors (Lipinski definition) is 2. The van der Waals surface area contributed by atoms with Gasteiger partial charge in [0.15, 0.2) is 5.82 Å². The molecule has 2 heterocycles. The van der Waals surface area contributed by atoms with E-state index in [1.807, 2.05) is 16.8 Å². The third-order valence-corrected chi connectivity index (χ3v) is 5.55. The molecule has 2 aromatic heterocycles. The van der Waals surface area contributed by atoms with Crippen LogP contribution < -0.4 is 20.1 Å². The van der Waals surface area contributed by atoms with Crippen LogP contribution in [0.1, 0.15) is 27.2 Å². The average Bonchev–Trinajstić information content (AvgIpc) is 3.26. The lowest BCUT2D eigenvalue weighted by Gasteiger charge is -2.19. The average molecular weight is 578 g/mol. The summed E-state index contributed by atoms with van der Waals surface area (Å²) in [5.41, 5.74) is 1.52. The number of carbonyl (C=O) groups excluding carboxylic acids is 1. The van der Waals surface area contributed by atoms with Gasteiger partial charge in [0.25, 0.3) is 0 Å². The van der Waals surface area contributed by atoms with E-state index >= 15 is 0 Å². The molecule has 0 unspecified atom stereocenters. The number of fused-ring (bicyclic) bond motifs is 1. The Kier molecular flexibility index (Phi) is 8.58. The highest BCUT2D eigenvalue weighted by atomic mass is 35.5. The number of anilines is 2. The van der Waals surface area contributed by atoms with Crippen molar-refractivity contribution in [3.63, 3.8) is 0 Å². The lowest BCUT2D eigenvalue weighted by molar-refractivity contribution is -0.274. The standard InChI is InChI=1S/C27H27ClF3N5O4/c1-26(2,3)40-25(37)32-11-5-12-36-13-10-21-23(36)24(34-16-33-21)35-17-8-9-22(20(28)14-17)38-18-6-4-7-19(15-18)39-27(29,30)31/h4,6-10,13-16H,5,11-12H2,1-3H3,(H,32,37)(H,33,34,35). The van der Waals surface area contributed by atoms with Gasteiger partial charge >= 0.3 is 12.5 Å². The first kappa shape index (κ1) is 28.8. The number of alkyl carbamates (subject to hydrolysis) is 1. The molecule has 4 aromatic rings. The van der Waals surface area contributed by atoms with Gasteiger partial charge in [0, 0.05) is 31.0 Å². The van der Waals surface area contributed by atoms with Gasteiger partial charge in [-0.1, -0.05) is 17.7 Å². The topological polar surface area (TPSA) is 99.5 Å². The smallest absolute Gasteiger partial charge is 0.456 e. The van der Waals surface area contributed by atoms with E-state index in [-0.39, 0.29) is 16.5 Å². The molecule has 2 N–H and O–H groups in total. The van der Waals surface area contributed by atoms with E-state index < -0.39 is 23.8 Å². The van der Waals surface area contributed by atoms with Crippen LogP contribution in [0, 0.1) is 0 Å². The number of ether oxygens (including phenoxy) is 3. The highest BCUT2D eigenvalue weighted by Crippen LogP contribution is 2.35. The normalized spacial score (nSPS) is 11.8. The quantitative estimate of drug-likeness (QED) is 0.199. The molecule has 9 nitrogen and oxygen atoms in total. The number of rotatable bonds is 9. The SMILES string of the molecule is CC(C)(C)OC(=O)NCCCn1ccc2ncnc(Nc3ccc(Oc4cccc(OC(F)(F)F)c4)c(Cl)c3)c21. The molecule has 0 bridgehead atoms. The van der Waals surface area contributed by atoms with Crippen LogP contribution in [0.3, 0.4) is 0 Å². The zero-order chi connectivity index (χ0) is 28.9. The Morgan fingerprint density at radius 2 is 1.82 bits per heavy atom. The molecule has 13 heteroatoms. The number of amides is 1. The number of alkyl halides is 3. The molecule has 2 aromatic carbocycles. The van der Waals surface area contributed by atoms with Crippen molar-refractivity contribution in [2.24, 2.45) is 0 Å². The van der Waals surface area contributed by atoms with Gasteiger partial charge in [-0.25, -0.2) is 14.8 Å². The van der Waals surface area contributed by atoms with Crippen molar-refractivity contribution in [1.82, 2.24) is 19.9 Å². The molecule has 0 radical (unpaired) electrons. The summed E-state index contributed by atoms with van der Waals surface area (Å²) in [6.07, 6.45) is -1.31. The maximum Gasteiger partial charge on any atom is 0.573 e. The van der Waals surface area contributed by atoms with Crippen LogP contribution >= 0.6 is 11.6 Å². The number of benzene rings is 2. The van der Waals surface area contributed by atoms with E-state index in [0.29, 0.717) is 31.0 Å². The number of halogens is 4. The van der Waals surface area contributed by atoms with Gasteiger partial charge in [-0.2, -0.15) is 0 Å². The second kappa shape index (κ2) is 11.9. The highest BCUT2D eigenvalue weighted by molar-refractivity contribution is 6.32. The summed E-state index contributed by atoms with van der Waals surface area (Å²) >= 11 is 6.41. The van der Waals surface area contributed by atoms with Crippen LogP contribution in [0.4, 0.5) is 29.5 Å². The molecule has 0 spiro atoms. The number of nitrogens with zero attached hydrogens (tertiary/aromatic N) is 3. The van der Waals surface area contributed by atoms with Gasteiger partial charge in [-0.15, -0.1) is 13.2 Å². The van der Waals surface area contributed by atoms with E-state index in [0.717, 1.165) is 17.1 Å². The number of aryl methyl sites for hydroxylation is 1. The molecule has 1 amide bonds. The summed E-state index contributed by atoms with van der Waals surface area (Å²) < 4.78 is 54.4. The van der Waals surface area contributed by atoms with Crippen molar-refractivity contribution in [3.8, 4) is 17.2 Å². The van der Waals surface area contributed by atoms with Crippen LogP contribution in [-0.4, -0.2) is 39.1 Å². The molecule has 0 aliphatic rings. The van der Waals surface area contributed by atoms with E-state index in [2.05, 4.69) is 25.3 Å². The first-order chi connectivity index (χ1) is 18.9. The molecule has 0 saturated heterocycles. The maximum absolute atomic E-state index is 12.5. The summed E-state index contributed by atoms with van der Waals surface area (Å²) in [5.74, 6) is 0.499. The van der Waals surface area contributed by atoms with Crippen molar-refractivity contribution in [1.29, 1.82) is 0 Å².